The number of carbonyl (C=O) groups is 3. The topological polar surface area (TPSA) is 78.9 Å². The molecular weight excluding hydrogens is 781 g/mol. The molecular formula is C57H94O6. The van der Waals surface area contributed by atoms with Crippen LogP contribution in [0, 0.1) is 0 Å². The summed E-state index contributed by atoms with van der Waals surface area (Å²) in [5.74, 6) is -0.964. The summed E-state index contributed by atoms with van der Waals surface area (Å²) in [5, 5.41) is 0. The zero-order chi connectivity index (χ0) is 45.8. The number of hydrogen-bond acceptors (Lipinski definition) is 6. The predicted octanol–water partition coefficient (Wildman–Crippen LogP) is 17.0. The molecule has 0 aromatic carbocycles. The van der Waals surface area contributed by atoms with Crippen molar-refractivity contribution in [3.05, 3.63) is 97.2 Å². The summed E-state index contributed by atoms with van der Waals surface area (Å²) >= 11 is 0. The van der Waals surface area contributed by atoms with Crippen LogP contribution in [0.15, 0.2) is 97.2 Å². The fourth-order valence-corrected chi connectivity index (χ4v) is 6.88. The van der Waals surface area contributed by atoms with Gasteiger partial charge in [-0.1, -0.05) is 240 Å². The maximum absolute atomic E-state index is 12.8. The second-order valence-corrected chi connectivity index (χ2v) is 16.9. The molecule has 63 heavy (non-hydrogen) atoms. The SMILES string of the molecule is CC\C=C/C=C\C=C/C=C\C=C\C=C/CCCCCC(=O)OC(COC(=O)CCCCCCC/C=C\C=C/CCCCCCCCC)COC(=O)CCCCCCCCCCCC. The number of rotatable bonds is 45. The normalized spacial score (nSPS) is 12.9. The summed E-state index contributed by atoms with van der Waals surface area (Å²) in [6.45, 7) is 6.42. The van der Waals surface area contributed by atoms with Gasteiger partial charge in [0, 0.05) is 19.3 Å². The van der Waals surface area contributed by atoms with Gasteiger partial charge in [-0.05, 0) is 64.2 Å². The number of carbonyl (C=O) groups excluding carboxylic acids is 3. The van der Waals surface area contributed by atoms with Crippen molar-refractivity contribution in [1.82, 2.24) is 0 Å². The average Bonchev–Trinajstić information content (AvgIpc) is 3.28. The fourth-order valence-electron chi connectivity index (χ4n) is 6.88. The standard InChI is InChI=1S/C57H94O6/c1-4-7-10-13-16-19-22-24-26-28-30-31-33-35-38-41-44-47-50-56(59)62-53-54(52-61-55(58)49-46-43-40-37-21-18-15-12-9-6-3)63-57(60)51-48-45-42-39-36-34-32-29-27-25-23-20-17-14-11-8-5-2/h8,11,14,17,20,23,25-32,34,36,54H,4-7,9-10,12-13,15-16,18-19,21-22,24,33,35,37-53H2,1-3H3/b11-8-,17-14-,23-20-,27-25-,28-26-,31-30-,32-29+,36-34-. The highest BCUT2D eigenvalue weighted by Crippen LogP contribution is 2.14. The molecule has 0 rings (SSSR count). The number of allylic oxidation sites excluding steroid dienone is 16. The maximum atomic E-state index is 12.8. The molecule has 0 bridgehead atoms. The van der Waals surface area contributed by atoms with E-state index in [1.165, 1.54) is 96.3 Å². The molecule has 0 aliphatic carbocycles. The zero-order valence-electron chi connectivity index (χ0n) is 40.8. The lowest BCUT2D eigenvalue weighted by atomic mass is 10.1. The van der Waals surface area contributed by atoms with Crippen LogP contribution < -0.4 is 0 Å². The van der Waals surface area contributed by atoms with Crippen molar-refractivity contribution >= 4 is 17.9 Å². The molecule has 0 heterocycles. The Morgan fingerprint density at radius 3 is 1.00 bits per heavy atom. The zero-order valence-corrected chi connectivity index (χ0v) is 40.8. The number of esters is 3. The minimum atomic E-state index is -0.806. The van der Waals surface area contributed by atoms with Crippen molar-refractivity contribution < 1.29 is 28.6 Å². The second-order valence-electron chi connectivity index (χ2n) is 16.9. The molecule has 0 aromatic rings. The lowest BCUT2D eigenvalue weighted by Gasteiger charge is -2.18. The van der Waals surface area contributed by atoms with E-state index in [2.05, 4.69) is 57.2 Å². The Labute approximate surface area is 387 Å². The molecule has 0 radical (unpaired) electrons. The number of ether oxygens (including phenoxy) is 3. The Balaban J connectivity index is 4.48. The number of unbranched alkanes of at least 4 members (excludes halogenated alkanes) is 24. The van der Waals surface area contributed by atoms with Crippen LogP contribution in [0.4, 0.5) is 0 Å². The van der Waals surface area contributed by atoms with Crippen LogP contribution in [-0.4, -0.2) is 37.2 Å². The van der Waals surface area contributed by atoms with E-state index in [1.54, 1.807) is 0 Å². The van der Waals surface area contributed by atoms with Crippen LogP contribution in [0.2, 0.25) is 0 Å². The molecule has 0 saturated carbocycles. The van der Waals surface area contributed by atoms with Gasteiger partial charge in [0.1, 0.15) is 13.2 Å². The summed E-state index contributed by atoms with van der Waals surface area (Å²) in [7, 11) is 0. The Morgan fingerprint density at radius 2 is 0.619 bits per heavy atom. The molecule has 0 aromatic heterocycles. The highest BCUT2D eigenvalue weighted by atomic mass is 16.6. The van der Waals surface area contributed by atoms with Crippen LogP contribution in [-0.2, 0) is 28.6 Å². The summed E-state index contributed by atoms with van der Waals surface area (Å²) in [4.78, 5) is 37.9. The average molecular weight is 875 g/mol. The molecule has 0 aliphatic heterocycles. The van der Waals surface area contributed by atoms with E-state index < -0.39 is 6.10 Å². The molecule has 6 heteroatoms. The molecule has 358 valence electrons. The van der Waals surface area contributed by atoms with Gasteiger partial charge in [0.2, 0.25) is 0 Å². The highest BCUT2D eigenvalue weighted by Gasteiger charge is 2.19. The first-order valence-electron chi connectivity index (χ1n) is 25.8. The van der Waals surface area contributed by atoms with E-state index in [0.717, 1.165) is 83.5 Å². The third-order valence-corrected chi connectivity index (χ3v) is 10.8. The van der Waals surface area contributed by atoms with Crippen LogP contribution in [0.5, 0.6) is 0 Å². The lowest BCUT2D eigenvalue weighted by molar-refractivity contribution is -0.167. The van der Waals surface area contributed by atoms with Gasteiger partial charge in [-0.25, -0.2) is 0 Å². The quantitative estimate of drug-likeness (QED) is 0.0262. The van der Waals surface area contributed by atoms with E-state index in [4.69, 9.17) is 14.2 Å². The van der Waals surface area contributed by atoms with Gasteiger partial charge in [0.05, 0.1) is 0 Å². The van der Waals surface area contributed by atoms with Crippen molar-refractivity contribution in [3.8, 4) is 0 Å². The second kappa shape index (κ2) is 51.0. The minimum Gasteiger partial charge on any atom is -0.462 e. The molecule has 1 unspecified atom stereocenters. The molecule has 0 N–H and O–H groups in total. The molecule has 0 fully saturated rings. The van der Waals surface area contributed by atoms with Crippen molar-refractivity contribution in [2.75, 3.05) is 13.2 Å². The van der Waals surface area contributed by atoms with Gasteiger partial charge >= 0.3 is 17.9 Å². The molecule has 1 atom stereocenters. The first-order valence-corrected chi connectivity index (χ1v) is 25.8. The number of hydrogen-bond donors (Lipinski definition) is 0. The third kappa shape index (κ3) is 49.2. The summed E-state index contributed by atoms with van der Waals surface area (Å²) in [6.07, 6.45) is 66.7. The van der Waals surface area contributed by atoms with Gasteiger partial charge in [-0.3, -0.25) is 14.4 Å². The highest BCUT2D eigenvalue weighted by molar-refractivity contribution is 5.71. The van der Waals surface area contributed by atoms with Crippen molar-refractivity contribution in [3.63, 3.8) is 0 Å². The Morgan fingerprint density at radius 1 is 0.333 bits per heavy atom. The van der Waals surface area contributed by atoms with Gasteiger partial charge < -0.3 is 14.2 Å². The lowest BCUT2D eigenvalue weighted by Crippen LogP contribution is -2.30. The summed E-state index contributed by atoms with van der Waals surface area (Å²) in [6, 6.07) is 0. The molecule has 6 nitrogen and oxygen atoms in total. The van der Waals surface area contributed by atoms with Gasteiger partial charge in [0.15, 0.2) is 6.10 Å². The predicted molar refractivity (Wildman–Crippen MR) is 270 cm³/mol. The van der Waals surface area contributed by atoms with E-state index in [1.807, 2.05) is 60.8 Å². The monoisotopic (exact) mass is 875 g/mol. The largest absolute Gasteiger partial charge is 0.462 e. The molecule has 0 aliphatic rings. The Kier molecular flexibility index (Phi) is 48.0. The molecule has 0 amide bonds. The maximum Gasteiger partial charge on any atom is 0.306 e. The van der Waals surface area contributed by atoms with E-state index in [-0.39, 0.29) is 37.5 Å². The van der Waals surface area contributed by atoms with Crippen LogP contribution in [0.1, 0.15) is 226 Å². The molecule has 0 saturated heterocycles. The van der Waals surface area contributed by atoms with Crippen molar-refractivity contribution in [2.24, 2.45) is 0 Å². The van der Waals surface area contributed by atoms with E-state index in [0.29, 0.717) is 19.3 Å². The first kappa shape index (κ1) is 59.3. The minimum absolute atomic E-state index is 0.101. The van der Waals surface area contributed by atoms with Crippen LogP contribution in [0.3, 0.4) is 0 Å². The first-order chi connectivity index (χ1) is 31.0. The van der Waals surface area contributed by atoms with Crippen LogP contribution in [0.25, 0.3) is 0 Å². The van der Waals surface area contributed by atoms with Crippen LogP contribution >= 0.6 is 0 Å². The van der Waals surface area contributed by atoms with E-state index >= 15 is 0 Å². The Bertz CT molecular complexity index is 1280. The van der Waals surface area contributed by atoms with Gasteiger partial charge in [-0.2, -0.15) is 0 Å². The van der Waals surface area contributed by atoms with Crippen molar-refractivity contribution in [1.29, 1.82) is 0 Å². The van der Waals surface area contributed by atoms with Crippen molar-refractivity contribution in [2.45, 2.75) is 232 Å². The summed E-state index contributed by atoms with van der Waals surface area (Å²) in [5.41, 5.74) is 0. The fraction of sp³-hybridized carbons (Fsp3) is 0.667. The summed E-state index contributed by atoms with van der Waals surface area (Å²) < 4.78 is 16.7. The van der Waals surface area contributed by atoms with Gasteiger partial charge in [-0.15, -0.1) is 0 Å². The van der Waals surface area contributed by atoms with E-state index in [9.17, 15) is 14.4 Å². The third-order valence-electron chi connectivity index (χ3n) is 10.8. The molecule has 0 spiro atoms. The van der Waals surface area contributed by atoms with Gasteiger partial charge in [0.25, 0.3) is 0 Å². The Hall–Kier alpha value is -3.67. The smallest absolute Gasteiger partial charge is 0.306 e.